The van der Waals surface area contributed by atoms with Gasteiger partial charge in [0.05, 0.1) is 10.6 Å². The topological polar surface area (TPSA) is 91.8 Å². The predicted octanol–water partition coefficient (Wildman–Crippen LogP) is 6.02. The van der Waals surface area contributed by atoms with Crippen LogP contribution in [0.1, 0.15) is 21.7 Å². The first-order chi connectivity index (χ1) is 15.9. The molecule has 2 heterocycles. The van der Waals surface area contributed by atoms with Crippen LogP contribution < -0.4 is 16.0 Å². The summed E-state index contributed by atoms with van der Waals surface area (Å²) in [6.07, 6.45) is 1.73. The van der Waals surface area contributed by atoms with Crippen molar-refractivity contribution in [3.05, 3.63) is 94.7 Å². The van der Waals surface area contributed by atoms with Gasteiger partial charge in [0.15, 0.2) is 0 Å². The zero-order valence-corrected chi connectivity index (χ0v) is 18.6. The van der Waals surface area contributed by atoms with E-state index in [1.807, 2.05) is 19.1 Å². The standard InChI is InChI=1S/C24H20ClFN6O/c1-14-9-10-27-21(11-14)32-23-13-22(28-15(2)29-23)30-17-4-6-18(7-5-17)31-24(33)19-8-3-16(26)12-20(19)25/h3-13H,1-2H3,(H,31,33)(H2,27,28,29,30,32). The van der Waals surface area contributed by atoms with Crippen molar-refractivity contribution in [3.8, 4) is 0 Å². The van der Waals surface area contributed by atoms with E-state index in [1.165, 1.54) is 12.1 Å². The Morgan fingerprint density at radius 2 is 1.55 bits per heavy atom. The number of rotatable bonds is 6. The van der Waals surface area contributed by atoms with Crippen molar-refractivity contribution in [2.75, 3.05) is 16.0 Å². The van der Waals surface area contributed by atoms with Gasteiger partial charge in [0.1, 0.15) is 29.1 Å². The summed E-state index contributed by atoms with van der Waals surface area (Å²) >= 11 is 5.96. The van der Waals surface area contributed by atoms with Gasteiger partial charge in [0, 0.05) is 23.6 Å². The third-order valence-corrected chi connectivity index (χ3v) is 4.91. The van der Waals surface area contributed by atoms with Gasteiger partial charge in [-0.1, -0.05) is 11.6 Å². The monoisotopic (exact) mass is 462 g/mol. The number of aryl methyl sites for hydroxylation is 2. The maximum Gasteiger partial charge on any atom is 0.257 e. The Labute approximate surface area is 195 Å². The molecular formula is C24H20ClFN6O. The highest BCUT2D eigenvalue weighted by Crippen LogP contribution is 2.23. The summed E-state index contributed by atoms with van der Waals surface area (Å²) in [7, 11) is 0. The molecule has 0 unspecified atom stereocenters. The quantitative estimate of drug-likeness (QED) is 0.324. The number of carbonyl (C=O) groups excluding carboxylic acids is 1. The van der Waals surface area contributed by atoms with E-state index >= 15 is 0 Å². The summed E-state index contributed by atoms with van der Waals surface area (Å²) in [5.41, 5.74) is 2.62. The molecule has 4 aromatic rings. The molecule has 0 saturated heterocycles. The minimum Gasteiger partial charge on any atom is -0.340 e. The van der Waals surface area contributed by atoms with Crippen molar-refractivity contribution >= 4 is 46.3 Å². The van der Waals surface area contributed by atoms with Gasteiger partial charge in [-0.2, -0.15) is 0 Å². The van der Waals surface area contributed by atoms with Gasteiger partial charge in [-0.15, -0.1) is 0 Å². The SMILES string of the molecule is Cc1ccnc(Nc2cc(Nc3ccc(NC(=O)c4ccc(F)cc4Cl)cc3)nc(C)n2)c1. The normalized spacial score (nSPS) is 10.5. The Balaban J connectivity index is 1.44. The summed E-state index contributed by atoms with van der Waals surface area (Å²) in [4.78, 5) is 25.5. The van der Waals surface area contributed by atoms with E-state index in [0.717, 1.165) is 17.3 Å². The van der Waals surface area contributed by atoms with Crippen LogP contribution in [0.5, 0.6) is 0 Å². The van der Waals surface area contributed by atoms with Crippen LogP contribution in [0, 0.1) is 19.7 Å². The number of pyridine rings is 1. The molecule has 0 atom stereocenters. The number of halogens is 2. The summed E-state index contributed by atoms with van der Waals surface area (Å²) < 4.78 is 13.2. The second-order valence-electron chi connectivity index (χ2n) is 7.31. The molecular weight excluding hydrogens is 443 g/mol. The van der Waals surface area contributed by atoms with Crippen LogP contribution in [0.3, 0.4) is 0 Å². The number of carbonyl (C=O) groups is 1. The molecule has 7 nitrogen and oxygen atoms in total. The Hall–Kier alpha value is -4.04. The van der Waals surface area contributed by atoms with Gasteiger partial charge < -0.3 is 16.0 Å². The van der Waals surface area contributed by atoms with E-state index in [9.17, 15) is 9.18 Å². The maximum atomic E-state index is 13.2. The lowest BCUT2D eigenvalue weighted by Gasteiger charge is -2.11. The molecule has 0 aliphatic heterocycles. The first-order valence-electron chi connectivity index (χ1n) is 10.0. The minimum atomic E-state index is -0.500. The van der Waals surface area contributed by atoms with Crippen LogP contribution in [-0.2, 0) is 0 Å². The molecule has 0 aliphatic carbocycles. The first kappa shape index (κ1) is 22.2. The summed E-state index contributed by atoms with van der Waals surface area (Å²) in [5.74, 6) is 1.58. The molecule has 0 bridgehead atoms. The highest BCUT2D eigenvalue weighted by atomic mass is 35.5. The smallest absolute Gasteiger partial charge is 0.257 e. The van der Waals surface area contributed by atoms with Crippen molar-refractivity contribution in [1.82, 2.24) is 15.0 Å². The molecule has 4 rings (SSSR count). The largest absolute Gasteiger partial charge is 0.340 e. The van der Waals surface area contributed by atoms with Crippen molar-refractivity contribution < 1.29 is 9.18 Å². The van der Waals surface area contributed by atoms with Crippen LogP contribution in [0.25, 0.3) is 0 Å². The molecule has 33 heavy (non-hydrogen) atoms. The van der Waals surface area contributed by atoms with Gasteiger partial charge in [-0.05, 0) is 74.0 Å². The number of hydrogen-bond donors (Lipinski definition) is 3. The number of hydrogen-bond acceptors (Lipinski definition) is 6. The number of nitrogens with zero attached hydrogens (tertiary/aromatic N) is 3. The van der Waals surface area contributed by atoms with Crippen molar-refractivity contribution in [3.63, 3.8) is 0 Å². The average Bonchev–Trinajstić information content (AvgIpc) is 2.74. The van der Waals surface area contributed by atoms with Crippen LogP contribution in [-0.4, -0.2) is 20.9 Å². The molecule has 9 heteroatoms. The van der Waals surface area contributed by atoms with Crippen molar-refractivity contribution in [1.29, 1.82) is 0 Å². The number of amides is 1. The van der Waals surface area contributed by atoms with Gasteiger partial charge >= 0.3 is 0 Å². The molecule has 3 N–H and O–H groups in total. The second-order valence-corrected chi connectivity index (χ2v) is 7.72. The molecule has 0 saturated carbocycles. The lowest BCUT2D eigenvalue weighted by Crippen LogP contribution is -2.12. The predicted molar refractivity (Wildman–Crippen MR) is 128 cm³/mol. The fourth-order valence-electron chi connectivity index (χ4n) is 3.09. The summed E-state index contributed by atoms with van der Waals surface area (Å²) in [6, 6.07) is 16.3. The molecule has 0 fully saturated rings. The van der Waals surface area contributed by atoms with Crippen LogP contribution in [0.2, 0.25) is 5.02 Å². The number of anilines is 5. The summed E-state index contributed by atoms with van der Waals surface area (Å²) in [6.45, 7) is 3.80. The highest BCUT2D eigenvalue weighted by Gasteiger charge is 2.11. The van der Waals surface area contributed by atoms with E-state index < -0.39 is 11.7 Å². The Morgan fingerprint density at radius 3 is 2.24 bits per heavy atom. The molecule has 0 aliphatic rings. The zero-order valence-electron chi connectivity index (χ0n) is 17.9. The van der Waals surface area contributed by atoms with E-state index in [2.05, 4.69) is 30.9 Å². The third kappa shape index (κ3) is 5.81. The Morgan fingerprint density at radius 1 is 0.848 bits per heavy atom. The van der Waals surface area contributed by atoms with Gasteiger partial charge in [-0.25, -0.2) is 19.3 Å². The van der Waals surface area contributed by atoms with Gasteiger partial charge in [0.2, 0.25) is 0 Å². The summed E-state index contributed by atoms with van der Waals surface area (Å²) in [5, 5.41) is 9.20. The average molecular weight is 463 g/mol. The second kappa shape index (κ2) is 9.62. The number of nitrogens with one attached hydrogen (secondary N) is 3. The Bertz CT molecular complexity index is 1310. The van der Waals surface area contributed by atoms with Crippen molar-refractivity contribution in [2.45, 2.75) is 13.8 Å². The van der Waals surface area contributed by atoms with Crippen LogP contribution in [0.15, 0.2) is 66.9 Å². The number of benzene rings is 2. The van der Waals surface area contributed by atoms with E-state index in [-0.39, 0.29) is 10.6 Å². The van der Waals surface area contributed by atoms with Crippen LogP contribution in [0.4, 0.5) is 33.2 Å². The number of aromatic nitrogens is 3. The molecule has 0 spiro atoms. The van der Waals surface area contributed by atoms with Gasteiger partial charge in [-0.3, -0.25) is 4.79 Å². The lowest BCUT2D eigenvalue weighted by atomic mass is 10.2. The van der Waals surface area contributed by atoms with Crippen LogP contribution >= 0.6 is 11.6 Å². The fourth-order valence-corrected chi connectivity index (χ4v) is 3.34. The van der Waals surface area contributed by atoms with E-state index in [1.54, 1.807) is 43.5 Å². The molecule has 2 aromatic carbocycles. The first-order valence-corrected chi connectivity index (χ1v) is 10.4. The third-order valence-electron chi connectivity index (χ3n) is 4.60. The minimum absolute atomic E-state index is 0.0511. The Kier molecular flexibility index (Phi) is 6.46. The maximum absolute atomic E-state index is 13.2. The van der Waals surface area contributed by atoms with Crippen molar-refractivity contribution in [2.24, 2.45) is 0 Å². The van der Waals surface area contributed by atoms with E-state index in [4.69, 9.17) is 11.6 Å². The van der Waals surface area contributed by atoms with E-state index in [0.29, 0.717) is 29.0 Å². The zero-order chi connectivity index (χ0) is 23.4. The highest BCUT2D eigenvalue weighted by molar-refractivity contribution is 6.34. The molecule has 0 radical (unpaired) electrons. The molecule has 1 amide bonds. The molecule has 166 valence electrons. The molecule has 2 aromatic heterocycles. The fraction of sp³-hybridized carbons (Fsp3) is 0.0833. The van der Waals surface area contributed by atoms with Gasteiger partial charge in [0.25, 0.3) is 5.91 Å². The lowest BCUT2D eigenvalue weighted by molar-refractivity contribution is 0.102.